The smallest absolute Gasteiger partial charge is 0.156 e. The molecule has 0 aliphatic carbocycles. The Kier molecular flexibility index (Phi) is 15.7. The van der Waals surface area contributed by atoms with Gasteiger partial charge in [-0.15, -0.1) is 0 Å². The van der Waals surface area contributed by atoms with E-state index in [1.54, 1.807) is 0 Å². The molecule has 0 aliphatic heterocycles. The molecule has 51 heavy (non-hydrogen) atoms. The van der Waals surface area contributed by atoms with Gasteiger partial charge in [-0.25, -0.2) is 4.98 Å². The average molecular weight is 705 g/mol. The van der Waals surface area contributed by atoms with E-state index in [0.29, 0.717) is 29.2 Å². The summed E-state index contributed by atoms with van der Waals surface area (Å²) >= 11 is 0. The van der Waals surface area contributed by atoms with E-state index in [2.05, 4.69) is 203 Å². The quantitative estimate of drug-likeness (QED) is 0.166. The fourth-order valence-electron chi connectivity index (χ4n) is 5.02. The maximum Gasteiger partial charge on any atom is 0.156 e. The maximum atomic E-state index is 9.09. The van der Waals surface area contributed by atoms with E-state index in [9.17, 15) is 0 Å². The van der Waals surface area contributed by atoms with Gasteiger partial charge >= 0.3 is 0 Å². The molecule has 0 aromatic carbocycles. The molecule has 10 heteroatoms. The van der Waals surface area contributed by atoms with Gasteiger partial charge in [0.05, 0.1) is 28.3 Å². The van der Waals surface area contributed by atoms with E-state index >= 15 is 0 Å². The Morgan fingerprint density at radius 3 is 1.31 bits per heavy atom. The zero-order valence-corrected chi connectivity index (χ0v) is 36.1. The number of hydrogen-bond donors (Lipinski definition) is 4. The number of nitrogens with zero attached hydrogens (tertiary/aromatic N) is 6. The van der Waals surface area contributed by atoms with Crippen LogP contribution < -0.4 is 0 Å². The molecule has 0 saturated heterocycles. The molecule has 0 fully saturated rings. The second-order valence-corrected chi connectivity index (χ2v) is 19.0. The normalized spacial score (nSPS) is 12.3. The van der Waals surface area contributed by atoms with Crippen molar-refractivity contribution in [1.82, 2.24) is 45.8 Å². The second kappa shape index (κ2) is 17.7. The highest BCUT2D eigenvalue weighted by Gasteiger charge is 2.25. The van der Waals surface area contributed by atoms with Crippen LogP contribution in [0.5, 0.6) is 0 Å². The molecule has 0 radical (unpaired) electrons. The number of nitriles is 1. The van der Waals surface area contributed by atoms with Crippen molar-refractivity contribution in [2.45, 2.75) is 191 Å². The van der Waals surface area contributed by atoms with E-state index in [1.165, 1.54) is 22.6 Å². The van der Waals surface area contributed by atoms with Crippen LogP contribution in [-0.4, -0.2) is 45.8 Å². The molecule has 0 spiro atoms. The number of rotatable bonds is 4. The number of hydrogen-bond acceptors (Lipinski definition) is 6. The number of H-pyrrole nitrogens is 4. The van der Waals surface area contributed by atoms with Gasteiger partial charge in [-0.05, 0) is 36.3 Å². The molecule has 0 aliphatic rings. The van der Waals surface area contributed by atoms with Crippen molar-refractivity contribution in [3.05, 3.63) is 63.0 Å². The first-order valence-corrected chi connectivity index (χ1v) is 18.6. The lowest BCUT2D eigenvalue weighted by Crippen LogP contribution is -2.13. The molecule has 4 aromatic rings. The van der Waals surface area contributed by atoms with Crippen LogP contribution in [0, 0.1) is 18.3 Å². The highest BCUT2D eigenvalue weighted by atomic mass is 15.2. The monoisotopic (exact) mass is 705 g/mol. The van der Waals surface area contributed by atoms with E-state index in [-0.39, 0.29) is 21.7 Å². The minimum absolute atomic E-state index is 0.0453. The molecule has 4 rings (SSSR count). The summed E-state index contributed by atoms with van der Waals surface area (Å²) in [6.07, 6.45) is 0. The van der Waals surface area contributed by atoms with Crippen LogP contribution in [0.3, 0.4) is 0 Å². The number of aromatic amines is 4. The SMILES string of the molecule is CC(C)c1[nH]nc(C(C)(C)C)c1C#N.CC(C)c1cc(C(C)(C)C)n[nH]1.CC(C)c1nc(C(C)(C)C)n[nH]1.Cc1c(C(C)(C)C)n[nH]c1C(C)C. The summed E-state index contributed by atoms with van der Waals surface area (Å²) in [6.45, 7) is 44.8. The summed E-state index contributed by atoms with van der Waals surface area (Å²) < 4.78 is 0. The fraction of sp³-hybridized carbons (Fsp3) is 0.707. The van der Waals surface area contributed by atoms with Gasteiger partial charge in [0.15, 0.2) is 5.82 Å². The third-order valence-electron chi connectivity index (χ3n) is 8.24. The van der Waals surface area contributed by atoms with Crippen LogP contribution in [0.4, 0.5) is 0 Å². The lowest BCUT2D eigenvalue weighted by Gasteiger charge is -2.16. The third kappa shape index (κ3) is 13.4. The molecule has 4 N–H and O–H groups in total. The molecule has 0 bridgehead atoms. The zero-order valence-electron chi connectivity index (χ0n) is 36.1. The van der Waals surface area contributed by atoms with Crippen LogP contribution in [0.15, 0.2) is 6.07 Å². The Balaban J connectivity index is 0.000000341. The summed E-state index contributed by atoms with van der Waals surface area (Å²) in [4.78, 5) is 4.41. The lowest BCUT2D eigenvalue weighted by molar-refractivity contribution is 0.547. The average Bonchev–Trinajstić information content (AvgIpc) is 3.77. The Morgan fingerprint density at radius 2 is 1.04 bits per heavy atom. The van der Waals surface area contributed by atoms with Crippen molar-refractivity contribution in [1.29, 1.82) is 5.26 Å². The molecule has 0 atom stereocenters. The van der Waals surface area contributed by atoms with E-state index in [1.807, 2.05) is 0 Å². The number of aromatic nitrogens is 9. The van der Waals surface area contributed by atoms with Crippen molar-refractivity contribution in [3.8, 4) is 6.07 Å². The fourth-order valence-corrected chi connectivity index (χ4v) is 5.02. The summed E-state index contributed by atoms with van der Waals surface area (Å²) in [7, 11) is 0. The van der Waals surface area contributed by atoms with Crippen molar-refractivity contribution >= 4 is 0 Å². The van der Waals surface area contributed by atoms with Crippen LogP contribution in [0.2, 0.25) is 0 Å². The molecule has 4 heterocycles. The standard InChI is InChI=1S/C11H17N3.C11H20N2.C10H18N2.C9H17N3/c1-7(2)9-8(6-12)10(14-13-9)11(3,4)5;1-7(2)9-8(3)10(13-12-9)11(4,5)6;1-7(2)8-6-9(12-11-8)10(3,4)5;1-6(2)7-10-8(12-11-7)9(3,4)5/h7H,1-5H3,(H,13,14);7H,1-6H3,(H,12,13);6-7H,1-5H3,(H,11,12);6H,1-5H3,(H,10,11,12). The maximum absolute atomic E-state index is 9.09. The van der Waals surface area contributed by atoms with Gasteiger partial charge in [0, 0.05) is 39.0 Å². The van der Waals surface area contributed by atoms with Gasteiger partial charge in [0.2, 0.25) is 0 Å². The van der Waals surface area contributed by atoms with Crippen molar-refractivity contribution in [2.24, 2.45) is 0 Å². The minimum atomic E-state index is -0.0747. The first-order valence-electron chi connectivity index (χ1n) is 18.6. The molecule has 286 valence electrons. The molecule has 4 aromatic heterocycles. The van der Waals surface area contributed by atoms with Crippen molar-refractivity contribution < 1.29 is 0 Å². The zero-order chi connectivity index (χ0) is 39.9. The van der Waals surface area contributed by atoms with Crippen LogP contribution >= 0.6 is 0 Å². The second-order valence-electron chi connectivity index (χ2n) is 19.0. The summed E-state index contributed by atoms with van der Waals surface area (Å²) in [5.74, 6) is 3.67. The van der Waals surface area contributed by atoms with Gasteiger partial charge in [-0.3, -0.25) is 20.4 Å². The van der Waals surface area contributed by atoms with Gasteiger partial charge in [0.25, 0.3) is 0 Å². The number of nitrogens with one attached hydrogen (secondary N) is 4. The van der Waals surface area contributed by atoms with Gasteiger partial charge in [-0.2, -0.15) is 25.7 Å². The first-order chi connectivity index (χ1) is 23.0. The minimum Gasteiger partial charge on any atom is -0.282 e. The van der Waals surface area contributed by atoms with Crippen LogP contribution in [0.1, 0.15) is 219 Å². The predicted octanol–water partition coefficient (Wildman–Crippen LogP) is 10.9. The molecular formula is C41H72N10. The highest BCUT2D eigenvalue weighted by Crippen LogP contribution is 2.29. The van der Waals surface area contributed by atoms with Crippen LogP contribution in [-0.2, 0) is 21.7 Å². The topological polar surface area (TPSA) is 151 Å². The first kappa shape index (κ1) is 45.3. The van der Waals surface area contributed by atoms with E-state index in [0.717, 1.165) is 28.7 Å². The highest BCUT2D eigenvalue weighted by molar-refractivity contribution is 5.42. The Bertz CT molecular complexity index is 1600. The molecule has 0 saturated carbocycles. The van der Waals surface area contributed by atoms with E-state index in [4.69, 9.17) is 5.26 Å². The Morgan fingerprint density at radius 1 is 0.549 bits per heavy atom. The largest absolute Gasteiger partial charge is 0.282 e. The summed E-state index contributed by atoms with van der Waals surface area (Å²) in [6, 6.07) is 4.40. The predicted molar refractivity (Wildman–Crippen MR) is 213 cm³/mol. The van der Waals surface area contributed by atoms with Crippen LogP contribution in [0.25, 0.3) is 0 Å². The van der Waals surface area contributed by atoms with Crippen molar-refractivity contribution in [2.75, 3.05) is 0 Å². The third-order valence-corrected chi connectivity index (χ3v) is 8.24. The Hall–Kier alpha value is -3.74. The Labute approximate surface area is 310 Å². The van der Waals surface area contributed by atoms with E-state index < -0.39 is 0 Å². The molecule has 10 nitrogen and oxygen atoms in total. The van der Waals surface area contributed by atoms with Gasteiger partial charge in [-0.1, -0.05) is 138 Å². The van der Waals surface area contributed by atoms with Gasteiger partial charge in [0.1, 0.15) is 11.9 Å². The lowest BCUT2D eigenvalue weighted by atomic mass is 9.88. The molecular weight excluding hydrogens is 633 g/mol. The molecule has 0 unspecified atom stereocenters. The van der Waals surface area contributed by atoms with Crippen molar-refractivity contribution in [3.63, 3.8) is 0 Å². The summed E-state index contributed by atoms with van der Waals surface area (Å²) in [5, 5.41) is 38.3. The summed E-state index contributed by atoms with van der Waals surface area (Å²) in [5.41, 5.74) is 8.94. The van der Waals surface area contributed by atoms with Gasteiger partial charge < -0.3 is 0 Å². The molecule has 0 amide bonds.